The summed E-state index contributed by atoms with van der Waals surface area (Å²) in [6, 6.07) is 9.98. The lowest BCUT2D eigenvalue weighted by atomic mass is 9.94. The lowest BCUT2D eigenvalue weighted by Crippen LogP contribution is -2.48. The second-order valence-corrected chi connectivity index (χ2v) is 11.1. The van der Waals surface area contributed by atoms with E-state index in [2.05, 4.69) is 11.0 Å². The van der Waals surface area contributed by atoms with Crippen molar-refractivity contribution in [3.05, 3.63) is 53.3 Å². The number of aliphatic hydroxyl groups is 1. The maximum absolute atomic E-state index is 15.1. The molecule has 8 nitrogen and oxygen atoms in total. The van der Waals surface area contributed by atoms with Crippen LogP contribution >= 0.6 is 0 Å². The number of benzene rings is 2. The van der Waals surface area contributed by atoms with Gasteiger partial charge in [0.25, 0.3) is 5.91 Å². The monoisotopic (exact) mass is 568 g/mol. The van der Waals surface area contributed by atoms with Crippen LogP contribution in [0, 0.1) is 23.1 Å². The maximum atomic E-state index is 15.1. The van der Waals surface area contributed by atoms with E-state index >= 15 is 4.39 Å². The van der Waals surface area contributed by atoms with Crippen molar-refractivity contribution in [1.82, 2.24) is 9.80 Å². The van der Waals surface area contributed by atoms with Crippen molar-refractivity contribution in [2.24, 2.45) is 11.7 Å². The molecule has 0 unspecified atom stereocenters. The zero-order valence-electron chi connectivity index (χ0n) is 23.6. The SMILES string of the molecule is CCC(F)(CC)CN1CCC(COc2ccc(-c3ccc(C(=O)N4CC[C@H](O)[C@H]4C(N)=O)c(F)c3)c(C#N)c2)CC1. The molecule has 2 aromatic carbocycles. The molecule has 2 amide bonds. The first kappa shape index (κ1) is 30.4. The van der Waals surface area contributed by atoms with Gasteiger partial charge in [0.15, 0.2) is 0 Å². The molecule has 0 bridgehead atoms. The van der Waals surface area contributed by atoms with Gasteiger partial charge in [-0.2, -0.15) is 5.26 Å². The van der Waals surface area contributed by atoms with Gasteiger partial charge in [-0.15, -0.1) is 0 Å². The molecule has 2 aliphatic heterocycles. The van der Waals surface area contributed by atoms with Gasteiger partial charge in [-0.05, 0) is 92.6 Å². The highest BCUT2D eigenvalue weighted by Crippen LogP contribution is 2.31. The number of nitrogens with two attached hydrogens (primary N) is 1. The maximum Gasteiger partial charge on any atom is 0.257 e. The predicted molar refractivity (Wildman–Crippen MR) is 150 cm³/mol. The number of amides is 2. The minimum absolute atomic E-state index is 0.0873. The number of nitrogens with zero attached hydrogens (tertiary/aromatic N) is 3. The summed E-state index contributed by atoms with van der Waals surface area (Å²) < 4.78 is 35.9. The molecule has 0 aromatic heterocycles. The minimum atomic E-state index is -1.21. The molecule has 0 aliphatic carbocycles. The van der Waals surface area contributed by atoms with Gasteiger partial charge in [-0.3, -0.25) is 9.59 Å². The van der Waals surface area contributed by atoms with Crippen LogP contribution in [0.5, 0.6) is 5.75 Å². The van der Waals surface area contributed by atoms with E-state index in [0.29, 0.717) is 54.4 Å². The number of halogens is 2. The second kappa shape index (κ2) is 13.0. The number of hydrogen-bond donors (Lipinski definition) is 2. The first-order valence-corrected chi connectivity index (χ1v) is 14.3. The van der Waals surface area contributed by atoms with Crippen LogP contribution in [0.25, 0.3) is 11.1 Å². The quantitative estimate of drug-likeness (QED) is 0.446. The third kappa shape index (κ3) is 6.85. The molecule has 4 rings (SSSR count). The Kier molecular flexibility index (Phi) is 9.61. The lowest BCUT2D eigenvalue weighted by Gasteiger charge is -2.36. The van der Waals surface area contributed by atoms with Crippen LogP contribution in [0.4, 0.5) is 8.78 Å². The first-order valence-electron chi connectivity index (χ1n) is 14.3. The molecule has 0 radical (unpaired) electrons. The normalized spacial score (nSPS) is 20.1. The zero-order valence-corrected chi connectivity index (χ0v) is 23.6. The van der Waals surface area contributed by atoms with Gasteiger partial charge in [0, 0.05) is 13.1 Å². The molecule has 10 heteroatoms. The number of likely N-dealkylation sites (tertiary alicyclic amines) is 2. The molecule has 2 atom stereocenters. The lowest BCUT2D eigenvalue weighted by molar-refractivity contribution is -0.124. The highest BCUT2D eigenvalue weighted by molar-refractivity contribution is 5.98. The molecule has 41 heavy (non-hydrogen) atoms. The van der Waals surface area contributed by atoms with Crippen LogP contribution in [0.2, 0.25) is 0 Å². The summed E-state index contributed by atoms with van der Waals surface area (Å²) in [5.41, 5.74) is 5.14. The molecular weight excluding hydrogens is 530 g/mol. The third-order valence-corrected chi connectivity index (χ3v) is 8.51. The number of piperidine rings is 1. The van der Waals surface area contributed by atoms with E-state index in [1.807, 2.05) is 13.8 Å². The predicted octanol–water partition coefficient (Wildman–Crippen LogP) is 4.04. The van der Waals surface area contributed by atoms with Crippen LogP contribution in [0.3, 0.4) is 0 Å². The first-order chi connectivity index (χ1) is 19.6. The van der Waals surface area contributed by atoms with Crippen LogP contribution in [-0.4, -0.2) is 77.3 Å². The van der Waals surface area contributed by atoms with Crippen molar-refractivity contribution in [2.75, 3.05) is 32.8 Å². The Labute approximate surface area is 239 Å². The zero-order chi connectivity index (χ0) is 29.7. The van der Waals surface area contributed by atoms with E-state index in [4.69, 9.17) is 10.5 Å². The highest BCUT2D eigenvalue weighted by Gasteiger charge is 2.40. The summed E-state index contributed by atoms with van der Waals surface area (Å²) >= 11 is 0. The Hall–Kier alpha value is -3.55. The molecule has 0 saturated carbocycles. The second-order valence-electron chi connectivity index (χ2n) is 11.1. The summed E-state index contributed by atoms with van der Waals surface area (Å²) in [4.78, 5) is 27.9. The van der Waals surface area contributed by atoms with E-state index in [1.165, 1.54) is 18.2 Å². The van der Waals surface area contributed by atoms with Gasteiger partial charge >= 0.3 is 0 Å². The summed E-state index contributed by atoms with van der Waals surface area (Å²) in [5, 5.41) is 19.8. The van der Waals surface area contributed by atoms with E-state index in [9.17, 15) is 24.3 Å². The van der Waals surface area contributed by atoms with Gasteiger partial charge in [0.2, 0.25) is 5.91 Å². The van der Waals surface area contributed by atoms with E-state index in [1.54, 1.807) is 18.2 Å². The molecule has 2 saturated heterocycles. The summed E-state index contributed by atoms with van der Waals surface area (Å²) in [6.07, 6.45) is 1.94. The number of nitriles is 1. The minimum Gasteiger partial charge on any atom is -0.493 e. The summed E-state index contributed by atoms with van der Waals surface area (Å²) in [7, 11) is 0. The molecule has 2 fully saturated rings. The van der Waals surface area contributed by atoms with Crippen molar-refractivity contribution in [1.29, 1.82) is 5.26 Å². The topological polar surface area (TPSA) is 120 Å². The molecule has 220 valence electrons. The van der Waals surface area contributed by atoms with Crippen molar-refractivity contribution < 1.29 is 28.2 Å². The number of carbonyl (C=O) groups excluding carboxylic acids is 2. The number of hydrogen-bond acceptors (Lipinski definition) is 6. The average molecular weight is 569 g/mol. The number of primary amides is 1. The molecule has 2 heterocycles. The highest BCUT2D eigenvalue weighted by atomic mass is 19.1. The van der Waals surface area contributed by atoms with Crippen molar-refractivity contribution in [2.45, 2.75) is 63.8 Å². The van der Waals surface area contributed by atoms with Gasteiger partial charge in [-0.1, -0.05) is 19.9 Å². The number of carbonyl (C=O) groups is 2. The number of aliphatic hydroxyl groups excluding tert-OH is 1. The van der Waals surface area contributed by atoms with E-state index in [-0.39, 0.29) is 18.5 Å². The number of ether oxygens (including phenoxy) is 1. The Balaban J connectivity index is 1.39. The molecule has 0 spiro atoms. The Bertz CT molecular complexity index is 1300. The van der Waals surface area contributed by atoms with Crippen molar-refractivity contribution >= 4 is 11.8 Å². The molecule has 3 N–H and O–H groups in total. The Morgan fingerprint density at radius 2 is 1.83 bits per heavy atom. The Morgan fingerprint density at radius 1 is 1.12 bits per heavy atom. The van der Waals surface area contributed by atoms with Gasteiger partial charge < -0.3 is 25.4 Å². The molecule has 2 aliphatic rings. The summed E-state index contributed by atoms with van der Waals surface area (Å²) in [5.74, 6) is -1.53. The van der Waals surface area contributed by atoms with Crippen LogP contribution in [-0.2, 0) is 4.79 Å². The largest absolute Gasteiger partial charge is 0.493 e. The van der Waals surface area contributed by atoms with Crippen LogP contribution in [0.1, 0.15) is 61.9 Å². The summed E-state index contributed by atoms with van der Waals surface area (Å²) in [6.45, 7) is 6.48. The number of rotatable bonds is 10. The van der Waals surface area contributed by atoms with Gasteiger partial charge in [-0.25, -0.2) is 8.78 Å². The van der Waals surface area contributed by atoms with Gasteiger partial charge in [0.05, 0.1) is 29.9 Å². The van der Waals surface area contributed by atoms with Crippen LogP contribution in [0.15, 0.2) is 36.4 Å². The standard InChI is InChI=1S/C31H38F2N4O4/c1-3-31(33,4-2)19-36-12-9-20(10-13-36)18-41-23-6-8-24(22(15-23)17-34)21-5-7-25(26(32)16-21)30(40)37-14-11-27(38)28(37)29(35)39/h5-8,15-16,20,27-28,38H,3-4,9-14,18-19H2,1-2H3,(H2,35,39)/t27-,28-/m0/s1. The fourth-order valence-corrected chi connectivity index (χ4v) is 5.71. The average Bonchev–Trinajstić information content (AvgIpc) is 3.37. The van der Waals surface area contributed by atoms with E-state index < -0.39 is 35.4 Å². The van der Waals surface area contributed by atoms with E-state index in [0.717, 1.165) is 30.8 Å². The van der Waals surface area contributed by atoms with Gasteiger partial charge in [0.1, 0.15) is 23.3 Å². The van der Waals surface area contributed by atoms with Crippen LogP contribution < -0.4 is 10.5 Å². The van der Waals surface area contributed by atoms with Crippen molar-refractivity contribution in [3.63, 3.8) is 0 Å². The Morgan fingerprint density at radius 3 is 2.44 bits per heavy atom. The molecular formula is C31H38F2N4O4. The van der Waals surface area contributed by atoms with Crippen molar-refractivity contribution in [3.8, 4) is 22.9 Å². The fourth-order valence-electron chi connectivity index (χ4n) is 5.71. The third-order valence-electron chi connectivity index (χ3n) is 8.51. The molecule has 2 aromatic rings. The smallest absolute Gasteiger partial charge is 0.257 e. The number of alkyl halides is 1. The fraction of sp³-hybridized carbons (Fsp3) is 0.516.